The second-order valence-corrected chi connectivity index (χ2v) is 29.5. The average Bonchev–Trinajstić information content (AvgIpc) is 1.70. The second kappa shape index (κ2) is 37.3. The van der Waals surface area contributed by atoms with Gasteiger partial charge in [-0.1, -0.05) is 73.2 Å². The number of pyridine rings is 8. The lowest BCUT2D eigenvalue weighted by Crippen LogP contribution is -2.36. The van der Waals surface area contributed by atoms with Gasteiger partial charge in [-0.25, -0.2) is 19.9 Å². The van der Waals surface area contributed by atoms with E-state index >= 15 is 0 Å². The maximum absolute atomic E-state index is 12.8. The van der Waals surface area contributed by atoms with E-state index in [0.717, 1.165) is 147 Å². The van der Waals surface area contributed by atoms with Crippen LogP contribution in [0.4, 0.5) is 23.3 Å². The van der Waals surface area contributed by atoms with Crippen molar-refractivity contribution in [1.82, 2.24) is 95.4 Å². The molecule has 8 N–H and O–H groups in total. The van der Waals surface area contributed by atoms with Gasteiger partial charge in [-0.3, -0.25) is 74.2 Å². The van der Waals surface area contributed by atoms with Gasteiger partial charge in [0.1, 0.15) is 34.8 Å². The van der Waals surface area contributed by atoms with Crippen LogP contribution in [0.3, 0.4) is 0 Å². The molecule has 0 atom stereocenters. The van der Waals surface area contributed by atoms with Crippen molar-refractivity contribution in [3.05, 3.63) is 314 Å². The Kier molecular flexibility index (Phi) is 24.2. The van der Waals surface area contributed by atoms with E-state index in [0.29, 0.717) is 57.2 Å². The molecule has 3 aliphatic heterocycles. The summed E-state index contributed by atoms with van der Waals surface area (Å²) >= 11 is 0. The molecule has 28 heteroatoms. The topological polar surface area (TPSA) is 353 Å². The Labute approximate surface area is 694 Å². The van der Waals surface area contributed by atoms with Crippen LogP contribution in [-0.4, -0.2) is 158 Å². The van der Waals surface area contributed by atoms with Crippen molar-refractivity contribution < 1.29 is 23.9 Å². The number of anilines is 4. The summed E-state index contributed by atoms with van der Waals surface area (Å²) < 4.78 is 5.89. The summed E-state index contributed by atoms with van der Waals surface area (Å²) in [6.45, 7) is 9.69. The molecule has 121 heavy (non-hydrogen) atoms. The Hall–Kier alpha value is -15.3. The maximum Gasteiger partial charge on any atom is 0.277 e. The normalized spacial score (nSPS) is 13.4. The molecule has 15 heterocycles. The fourth-order valence-corrected chi connectivity index (χ4v) is 14.7. The highest BCUT2D eigenvalue weighted by Crippen LogP contribution is 2.34. The molecule has 3 aliphatic rings. The molecule has 0 bridgehead atoms. The van der Waals surface area contributed by atoms with Crippen molar-refractivity contribution >= 4 is 90.5 Å². The van der Waals surface area contributed by atoms with Gasteiger partial charge >= 0.3 is 0 Å². The minimum atomic E-state index is -0.332. The highest BCUT2D eigenvalue weighted by atomic mass is 16.5. The highest BCUT2D eigenvalue weighted by molar-refractivity contribution is 6.14. The standard InChI is InChI=1S/C24H24N6O.C24H17N5O2.C23H22N6O.C22H20N6O/c31-24(27-22-6-2-3-9-26-22)23-20-13-18(7-8-21(20)28-29-23)19-12-17(14-25-15-19)16-30-10-4-1-5-11-30;30-24(27-22-8-4-5-11-26-22)23-20-13-16(9-10-21(20)28-29-23)17-12-19(15-25-14-17)31-18-6-2-1-3-7-18;30-23(26-21-5-1-2-8-25-21)22-19-12-17(6-7-20(19)27-28-22)18-11-16(13-24-14-18)15-29-9-3-4-10-29;29-22(25-20-4-1-2-7-24-20)21-18-11-16(5-6-19(18)26-27-21)17-10-15(12-23-13-17)14-28-8-3-9-28/h2-3,6-9,12-15H,1,4-5,10-11,16H2,(H,28,29)(H,26,27,31);1-15H,(H,28,29)(H,26,27,30);1-2,5-8,11-14H,3-4,9-10,15H2,(H,27,28)(H,25,26,30);1-2,4-7,10-13H,3,8-9,14H2,(H,26,27)(H,24,25,29). The number of carbonyl (C=O) groups is 4. The molecule has 28 nitrogen and oxygen atoms in total. The van der Waals surface area contributed by atoms with E-state index in [-0.39, 0.29) is 23.6 Å². The van der Waals surface area contributed by atoms with E-state index < -0.39 is 0 Å². The molecule has 4 amide bonds. The van der Waals surface area contributed by atoms with Crippen LogP contribution in [0.25, 0.3) is 88.1 Å². The number of para-hydroxylation sites is 1. The first-order valence-electron chi connectivity index (χ1n) is 40.0. The molecule has 17 aromatic rings. The number of aromatic nitrogens is 16. The smallest absolute Gasteiger partial charge is 0.277 e. The SMILES string of the molecule is O=C(Nc1ccccn1)c1n[nH]c2ccc(-c3cncc(CN4CCC4)c3)cc12.O=C(Nc1ccccn1)c1n[nH]c2ccc(-c3cncc(CN4CCCC4)c3)cc12.O=C(Nc1ccccn1)c1n[nH]c2ccc(-c3cncc(CN4CCCCC4)c3)cc12.O=C(Nc1ccccn1)c1n[nH]c2ccc(-c3cncc(Oc4ccccc4)c3)cc12. The van der Waals surface area contributed by atoms with Gasteiger partial charge in [0.2, 0.25) is 0 Å². The largest absolute Gasteiger partial charge is 0.456 e. The molecule has 5 aromatic carbocycles. The van der Waals surface area contributed by atoms with Crippen LogP contribution in [0.15, 0.2) is 275 Å². The van der Waals surface area contributed by atoms with Crippen LogP contribution in [0.1, 0.15) is 97.2 Å². The van der Waals surface area contributed by atoms with Crippen LogP contribution in [0.2, 0.25) is 0 Å². The molecule has 3 fully saturated rings. The number of piperidine rings is 1. The minimum Gasteiger partial charge on any atom is -0.456 e. The third kappa shape index (κ3) is 19.6. The van der Waals surface area contributed by atoms with Crippen LogP contribution in [0, 0.1) is 0 Å². The van der Waals surface area contributed by atoms with E-state index in [4.69, 9.17) is 4.74 Å². The number of nitrogens with one attached hydrogen (secondary N) is 8. The van der Waals surface area contributed by atoms with E-state index in [1.807, 2.05) is 165 Å². The lowest BCUT2D eigenvalue weighted by atomic mass is 10.0. The van der Waals surface area contributed by atoms with Crippen LogP contribution in [0.5, 0.6) is 11.5 Å². The predicted molar refractivity (Wildman–Crippen MR) is 466 cm³/mol. The number of benzene rings is 5. The van der Waals surface area contributed by atoms with E-state index in [2.05, 4.69) is 135 Å². The summed E-state index contributed by atoms with van der Waals surface area (Å²) in [4.78, 5) is 92.5. The van der Waals surface area contributed by atoms with Crippen LogP contribution >= 0.6 is 0 Å². The van der Waals surface area contributed by atoms with Crippen molar-refractivity contribution in [2.24, 2.45) is 0 Å². The first-order valence-corrected chi connectivity index (χ1v) is 40.0. The molecular formula is C93H83N23O5. The fraction of sp³-hybridized carbons (Fsp3) is 0.161. The second-order valence-electron chi connectivity index (χ2n) is 29.5. The Balaban J connectivity index is 0.000000115. The molecule has 600 valence electrons. The molecule has 3 saturated heterocycles. The molecule has 0 aliphatic carbocycles. The molecule has 0 saturated carbocycles. The number of likely N-dealkylation sites (tertiary alicyclic amines) is 3. The number of aromatic amines is 4. The number of hydrogen-bond donors (Lipinski definition) is 8. The number of ether oxygens (including phenoxy) is 1. The molecule has 0 unspecified atom stereocenters. The lowest BCUT2D eigenvalue weighted by Gasteiger charge is -2.30. The van der Waals surface area contributed by atoms with Crippen molar-refractivity contribution in [2.75, 3.05) is 60.5 Å². The Bertz CT molecular complexity index is 6450. The van der Waals surface area contributed by atoms with Crippen molar-refractivity contribution in [2.45, 2.75) is 58.2 Å². The van der Waals surface area contributed by atoms with Gasteiger partial charge in [-0.05, 0) is 244 Å². The van der Waals surface area contributed by atoms with Crippen LogP contribution in [-0.2, 0) is 19.6 Å². The highest BCUT2D eigenvalue weighted by Gasteiger charge is 2.23. The van der Waals surface area contributed by atoms with Crippen LogP contribution < -0.4 is 26.0 Å². The van der Waals surface area contributed by atoms with Gasteiger partial charge in [0, 0.05) is 132 Å². The monoisotopic (exact) mass is 1600 g/mol. The average molecular weight is 1600 g/mol. The van der Waals surface area contributed by atoms with E-state index in [9.17, 15) is 19.2 Å². The molecule has 0 spiro atoms. The first-order chi connectivity index (χ1) is 59.5. The lowest BCUT2D eigenvalue weighted by molar-refractivity contribution is 0.101. The quantitative estimate of drug-likeness (QED) is 0.0351. The fourth-order valence-electron chi connectivity index (χ4n) is 14.7. The van der Waals surface area contributed by atoms with Gasteiger partial charge in [-0.2, -0.15) is 20.4 Å². The zero-order valence-electron chi connectivity index (χ0n) is 65.8. The zero-order valence-corrected chi connectivity index (χ0v) is 65.8. The van der Waals surface area contributed by atoms with Gasteiger partial charge in [0.05, 0.1) is 28.3 Å². The molecule has 12 aromatic heterocycles. The van der Waals surface area contributed by atoms with Gasteiger partial charge < -0.3 is 26.0 Å². The van der Waals surface area contributed by atoms with Crippen molar-refractivity contribution in [1.29, 1.82) is 0 Å². The van der Waals surface area contributed by atoms with Gasteiger partial charge in [0.15, 0.2) is 22.8 Å². The summed E-state index contributed by atoms with van der Waals surface area (Å²) in [5.41, 5.74) is 16.0. The number of fused-ring (bicyclic) bond motifs is 4. The summed E-state index contributed by atoms with van der Waals surface area (Å²) in [7, 11) is 0. The van der Waals surface area contributed by atoms with Crippen molar-refractivity contribution in [3.8, 4) is 56.0 Å². The number of carbonyl (C=O) groups excluding carboxylic acids is 4. The number of nitrogens with zero attached hydrogens (tertiary/aromatic N) is 15. The third-order valence-electron chi connectivity index (χ3n) is 21.0. The number of rotatable bonds is 20. The van der Waals surface area contributed by atoms with E-state index in [1.54, 1.807) is 91.8 Å². The number of H-pyrrole nitrogens is 4. The van der Waals surface area contributed by atoms with E-state index in [1.165, 1.54) is 55.2 Å². The summed E-state index contributed by atoms with van der Waals surface area (Å²) in [6.07, 6.45) is 29.0. The Morgan fingerprint density at radius 2 is 0.587 bits per heavy atom. The first kappa shape index (κ1) is 78.3. The summed E-state index contributed by atoms with van der Waals surface area (Å²) in [5.74, 6) is 2.10. The summed E-state index contributed by atoms with van der Waals surface area (Å²) in [5, 5.41) is 42.8. The summed E-state index contributed by atoms with van der Waals surface area (Å²) in [6, 6.07) is 63.1. The minimum absolute atomic E-state index is 0.293. The molecular weight excluding hydrogens is 1520 g/mol. The Morgan fingerprint density at radius 3 is 0.893 bits per heavy atom. The maximum atomic E-state index is 12.8. The van der Waals surface area contributed by atoms with Crippen molar-refractivity contribution in [3.63, 3.8) is 0 Å². The van der Waals surface area contributed by atoms with Gasteiger partial charge in [0.25, 0.3) is 23.6 Å². The number of amides is 4. The third-order valence-corrected chi connectivity index (χ3v) is 21.0. The molecule has 0 radical (unpaired) electrons. The number of hydrogen-bond acceptors (Lipinski definition) is 20. The predicted octanol–water partition coefficient (Wildman–Crippen LogP) is 16.7. The van der Waals surface area contributed by atoms with Gasteiger partial charge in [-0.15, -0.1) is 0 Å². The molecule has 20 rings (SSSR count). The Morgan fingerprint density at radius 1 is 0.289 bits per heavy atom. The zero-order chi connectivity index (χ0) is 82.1.